The minimum Gasteiger partial charge on any atom is -0.372 e. The van der Waals surface area contributed by atoms with Gasteiger partial charge < -0.3 is 14.5 Å². The number of fused-ring (bicyclic) bond motifs is 1. The van der Waals surface area contributed by atoms with Gasteiger partial charge in [0.1, 0.15) is 12.6 Å². The molecule has 4 rings (SSSR count). The van der Waals surface area contributed by atoms with Crippen LogP contribution in [0, 0.1) is 0 Å². The molecule has 2 saturated heterocycles. The average molecular weight is 315 g/mol. The molecule has 2 aromatic rings. The van der Waals surface area contributed by atoms with Crippen LogP contribution >= 0.6 is 0 Å². The summed E-state index contributed by atoms with van der Waals surface area (Å²) >= 11 is 0. The first-order valence-electron chi connectivity index (χ1n) is 8.49. The molecule has 0 radical (unpaired) electrons. The Labute approximate surface area is 135 Å². The van der Waals surface area contributed by atoms with E-state index in [0.29, 0.717) is 11.8 Å². The Morgan fingerprint density at radius 3 is 2.96 bits per heavy atom. The van der Waals surface area contributed by atoms with Crippen LogP contribution in [0.4, 0.5) is 0 Å². The number of benzene rings is 1. The topological polar surface area (TPSA) is 62.7 Å². The molecule has 1 aromatic heterocycles. The fourth-order valence-corrected chi connectivity index (χ4v) is 3.63. The van der Waals surface area contributed by atoms with E-state index < -0.39 is 0 Å². The van der Waals surface area contributed by atoms with Crippen LogP contribution in [-0.4, -0.2) is 66.4 Å². The Morgan fingerprint density at radius 2 is 2.17 bits per heavy atom. The van der Waals surface area contributed by atoms with Crippen LogP contribution < -0.4 is 4.90 Å². The second kappa shape index (κ2) is 6.29. The zero-order valence-corrected chi connectivity index (χ0v) is 13.3. The fourth-order valence-electron chi connectivity index (χ4n) is 3.63. The molecule has 2 fully saturated rings. The summed E-state index contributed by atoms with van der Waals surface area (Å²) < 4.78 is 5.72. The second-order valence-corrected chi connectivity index (χ2v) is 6.50. The monoisotopic (exact) mass is 315 g/mol. The van der Waals surface area contributed by atoms with Gasteiger partial charge in [0.05, 0.1) is 31.7 Å². The van der Waals surface area contributed by atoms with Gasteiger partial charge in [-0.3, -0.25) is 9.89 Å². The van der Waals surface area contributed by atoms with Gasteiger partial charge in [-0.2, -0.15) is 5.10 Å². The number of piperazine rings is 1. The van der Waals surface area contributed by atoms with Gasteiger partial charge in [-0.15, -0.1) is 0 Å². The molecule has 2 aliphatic rings. The lowest BCUT2D eigenvalue weighted by Gasteiger charge is -2.32. The summed E-state index contributed by atoms with van der Waals surface area (Å²) in [6.45, 7) is 5.56. The number of quaternary nitrogens is 1. The molecule has 0 bridgehead atoms. The number of nitrogens with zero attached hydrogens (tertiary/aromatic N) is 2. The van der Waals surface area contributed by atoms with Gasteiger partial charge in [0, 0.05) is 12.0 Å². The van der Waals surface area contributed by atoms with E-state index in [-0.39, 0.29) is 5.91 Å². The smallest absolute Gasteiger partial charge is 0.275 e. The van der Waals surface area contributed by atoms with Gasteiger partial charge in [0.2, 0.25) is 0 Å². The maximum absolute atomic E-state index is 12.7. The van der Waals surface area contributed by atoms with Gasteiger partial charge in [-0.1, -0.05) is 18.2 Å². The van der Waals surface area contributed by atoms with Crippen molar-refractivity contribution in [3.63, 3.8) is 0 Å². The Kier molecular flexibility index (Phi) is 4.01. The molecular formula is C17H23N4O2+. The number of carbonyl (C=O) groups excluding carboxylic acids is 1. The van der Waals surface area contributed by atoms with Gasteiger partial charge in [0.15, 0.2) is 5.69 Å². The quantitative estimate of drug-likeness (QED) is 0.843. The van der Waals surface area contributed by atoms with Crippen molar-refractivity contribution in [1.29, 1.82) is 0 Å². The number of hydrogen-bond acceptors (Lipinski definition) is 3. The standard InChI is InChI=1S/C17H22N4O2/c22-17(16-14-5-1-2-6-15(14)18-19-16)21-9-7-20(8-10-21)12-13-4-3-11-23-13/h1-2,5-6,13H,3-4,7-12H2,(H,18,19)/p+1/t13-/m0/s1. The zero-order chi connectivity index (χ0) is 15.6. The Hall–Kier alpha value is -1.92. The number of H-pyrrole nitrogens is 1. The van der Waals surface area contributed by atoms with E-state index in [2.05, 4.69) is 10.2 Å². The molecule has 1 aromatic carbocycles. The van der Waals surface area contributed by atoms with E-state index in [4.69, 9.17) is 4.74 Å². The van der Waals surface area contributed by atoms with Crippen molar-refractivity contribution in [1.82, 2.24) is 15.1 Å². The van der Waals surface area contributed by atoms with E-state index in [1.54, 1.807) is 4.90 Å². The molecule has 122 valence electrons. The molecule has 2 N–H and O–H groups in total. The summed E-state index contributed by atoms with van der Waals surface area (Å²) in [6, 6.07) is 7.79. The molecule has 0 spiro atoms. The third-order valence-electron chi connectivity index (χ3n) is 4.97. The van der Waals surface area contributed by atoms with Crippen molar-refractivity contribution in [2.45, 2.75) is 18.9 Å². The first kappa shape index (κ1) is 14.7. The summed E-state index contributed by atoms with van der Waals surface area (Å²) in [6.07, 6.45) is 2.79. The van der Waals surface area contributed by atoms with E-state index in [1.807, 2.05) is 29.2 Å². The van der Waals surface area contributed by atoms with Crippen LogP contribution in [0.3, 0.4) is 0 Å². The van der Waals surface area contributed by atoms with Crippen molar-refractivity contribution in [2.24, 2.45) is 0 Å². The predicted octanol–water partition coefficient (Wildman–Crippen LogP) is 0.0826. The molecule has 6 nitrogen and oxygen atoms in total. The summed E-state index contributed by atoms with van der Waals surface area (Å²) in [5, 5.41) is 8.08. The Balaban J connectivity index is 1.39. The number of nitrogens with one attached hydrogen (secondary N) is 2. The summed E-state index contributed by atoms with van der Waals surface area (Å²) in [5.41, 5.74) is 1.46. The first-order chi connectivity index (χ1) is 11.3. The number of hydrogen-bond donors (Lipinski definition) is 2. The zero-order valence-electron chi connectivity index (χ0n) is 13.3. The molecule has 0 aliphatic carbocycles. The number of para-hydroxylation sites is 1. The highest BCUT2D eigenvalue weighted by Gasteiger charge is 2.29. The average Bonchev–Trinajstić information content (AvgIpc) is 3.24. The summed E-state index contributed by atoms with van der Waals surface area (Å²) in [5.74, 6) is 0.0404. The maximum atomic E-state index is 12.7. The highest BCUT2D eigenvalue weighted by Crippen LogP contribution is 2.17. The minimum atomic E-state index is 0.0404. The van der Waals surface area contributed by atoms with E-state index in [1.165, 1.54) is 12.8 Å². The first-order valence-corrected chi connectivity index (χ1v) is 8.49. The third-order valence-corrected chi connectivity index (χ3v) is 4.97. The van der Waals surface area contributed by atoms with E-state index in [9.17, 15) is 4.79 Å². The Bertz CT molecular complexity index is 685. The molecule has 1 amide bonds. The van der Waals surface area contributed by atoms with Gasteiger partial charge in [-0.25, -0.2) is 0 Å². The normalized spacial score (nSPS) is 22.8. The molecule has 0 unspecified atom stereocenters. The van der Waals surface area contributed by atoms with Gasteiger partial charge in [0.25, 0.3) is 5.91 Å². The number of amides is 1. The molecule has 2 aliphatic heterocycles. The number of aromatic nitrogens is 2. The summed E-state index contributed by atoms with van der Waals surface area (Å²) in [7, 11) is 0. The van der Waals surface area contributed by atoms with E-state index >= 15 is 0 Å². The van der Waals surface area contributed by atoms with Gasteiger partial charge in [-0.05, 0) is 18.9 Å². The van der Waals surface area contributed by atoms with Crippen LogP contribution in [0.5, 0.6) is 0 Å². The summed E-state index contributed by atoms with van der Waals surface area (Å²) in [4.78, 5) is 16.2. The lowest BCUT2D eigenvalue weighted by Crippen LogP contribution is -3.15. The molecule has 6 heteroatoms. The number of aromatic amines is 1. The molecular weight excluding hydrogens is 292 g/mol. The van der Waals surface area contributed by atoms with Crippen LogP contribution in [0.2, 0.25) is 0 Å². The van der Waals surface area contributed by atoms with Gasteiger partial charge >= 0.3 is 0 Å². The van der Waals surface area contributed by atoms with Crippen LogP contribution in [0.25, 0.3) is 10.9 Å². The van der Waals surface area contributed by atoms with Crippen LogP contribution in [0.1, 0.15) is 23.3 Å². The number of rotatable bonds is 3. The molecule has 0 saturated carbocycles. The van der Waals surface area contributed by atoms with Crippen molar-refractivity contribution >= 4 is 16.8 Å². The number of ether oxygens (including phenoxy) is 1. The highest BCUT2D eigenvalue weighted by atomic mass is 16.5. The number of carbonyl (C=O) groups is 1. The van der Waals surface area contributed by atoms with Crippen molar-refractivity contribution in [2.75, 3.05) is 39.3 Å². The molecule has 1 atom stereocenters. The van der Waals surface area contributed by atoms with Crippen molar-refractivity contribution < 1.29 is 14.4 Å². The largest absolute Gasteiger partial charge is 0.372 e. The predicted molar refractivity (Wildman–Crippen MR) is 86.5 cm³/mol. The molecule has 23 heavy (non-hydrogen) atoms. The fraction of sp³-hybridized carbons (Fsp3) is 0.529. The Morgan fingerprint density at radius 1 is 1.35 bits per heavy atom. The molecule has 3 heterocycles. The third kappa shape index (κ3) is 2.96. The second-order valence-electron chi connectivity index (χ2n) is 6.50. The van der Waals surface area contributed by atoms with E-state index in [0.717, 1.165) is 50.2 Å². The lowest BCUT2D eigenvalue weighted by atomic mass is 10.1. The SMILES string of the molecule is O=C(c1n[nH]c2ccccc12)N1CC[NH+](C[C@@H]2CCCO2)CC1. The van der Waals surface area contributed by atoms with Crippen molar-refractivity contribution in [3.8, 4) is 0 Å². The highest BCUT2D eigenvalue weighted by molar-refractivity contribution is 6.04. The minimum absolute atomic E-state index is 0.0404. The van der Waals surface area contributed by atoms with Crippen LogP contribution in [0.15, 0.2) is 24.3 Å². The maximum Gasteiger partial charge on any atom is 0.275 e. The van der Waals surface area contributed by atoms with Crippen LogP contribution in [-0.2, 0) is 4.74 Å². The van der Waals surface area contributed by atoms with Crippen molar-refractivity contribution in [3.05, 3.63) is 30.0 Å². The lowest BCUT2D eigenvalue weighted by molar-refractivity contribution is -0.906.